The summed E-state index contributed by atoms with van der Waals surface area (Å²) in [5.74, 6) is 0.585. The van der Waals surface area contributed by atoms with E-state index >= 15 is 0 Å². The van der Waals surface area contributed by atoms with Crippen LogP contribution in [0.4, 0.5) is 0 Å². The number of nitrogens with zero attached hydrogens (tertiary/aromatic N) is 2. The summed E-state index contributed by atoms with van der Waals surface area (Å²) in [5.41, 5.74) is 11.4. The van der Waals surface area contributed by atoms with E-state index in [2.05, 4.69) is 234 Å². The molecular weight excluding hydrogens is 777 g/mol. The number of fused-ring (bicyclic) bond motifs is 6. The van der Waals surface area contributed by atoms with E-state index in [9.17, 15) is 0 Å². The maximum Gasteiger partial charge on any atom is 0.179 e. The van der Waals surface area contributed by atoms with Gasteiger partial charge in [0, 0.05) is 27.2 Å². The summed E-state index contributed by atoms with van der Waals surface area (Å²) in [6.45, 7) is 0. The second-order valence-corrected chi connectivity index (χ2v) is 21.2. The molecule has 1 aliphatic rings. The molecule has 0 N–H and O–H groups in total. The Hall–Kier alpha value is -7.20. The van der Waals surface area contributed by atoms with Crippen LogP contribution in [0.25, 0.3) is 66.1 Å². The van der Waals surface area contributed by atoms with Crippen LogP contribution in [-0.4, -0.2) is 17.2 Å². The Bertz CT molecular complexity index is 3300. The molecule has 2 aromatic heterocycles. The summed E-state index contributed by atoms with van der Waals surface area (Å²) in [6.07, 6.45) is 6.51. The lowest BCUT2D eigenvalue weighted by Crippen LogP contribution is -2.74. The van der Waals surface area contributed by atoms with Crippen molar-refractivity contribution in [1.29, 1.82) is 0 Å². The normalized spacial score (nSPS) is 13.7. The van der Waals surface area contributed by atoms with Gasteiger partial charge in [-0.15, -0.1) is 0 Å². The van der Waals surface area contributed by atoms with E-state index in [0.717, 1.165) is 5.69 Å². The topological polar surface area (TPSA) is 9.86 Å². The lowest BCUT2D eigenvalue weighted by Gasteiger charge is -2.34. The third kappa shape index (κ3) is 6.06. The summed E-state index contributed by atoms with van der Waals surface area (Å²) in [4.78, 5) is 0. The van der Waals surface area contributed by atoms with Crippen molar-refractivity contribution in [3.8, 4) is 22.5 Å². The molecule has 3 heteroatoms. The quantitative estimate of drug-likeness (QED) is 0.107. The molecule has 0 saturated heterocycles. The average Bonchev–Trinajstić information content (AvgIpc) is 3.89. The minimum Gasteiger partial charge on any atom is -0.309 e. The summed E-state index contributed by atoms with van der Waals surface area (Å²) in [7, 11) is -2.59. The maximum atomic E-state index is 2.60. The Morgan fingerprint density at radius 1 is 0.349 bits per heavy atom. The Balaban J connectivity index is 0.980. The van der Waals surface area contributed by atoms with Gasteiger partial charge < -0.3 is 9.13 Å². The van der Waals surface area contributed by atoms with Crippen LogP contribution in [0, 0.1) is 0 Å². The van der Waals surface area contributed by atoms with Crippen LogP contribution >= 0.6 is 0 Å². The molecule has 0 bridgehead atoms. The molecule has 1 saturated carbocycles. The van der Waals surface area contributed by atoms with Crippen molar-refractivity contribution in [2.75, 3.05) is 0 Å². The second-order valence-electron chi connectivity index (χ2n) is 17.4. The van der Waals surface area contributed by atoms with Gasteiger partial charge in [0.15, 0.2) is 8.07 Å². The van der Waals surface area contributed by atoms with E-state index < -0.39 is 8.07 Å². The number of benzene rings is 9. The van der Waals surface area contributed by atoms with Crippen LogP contribution < -0.4 is 20.7 Å². The molecule has 302 valence electrons. The monoisotopic (exact) mass is 824 g/mol. The molecule has 12 rings (SSSR count). The van der Waals surface area contributed by atoms with Gasteiger partial charge in [0.1, 0.15) is 0 Å². The first kappa shape index (κ1) is 37.5. The van der Waals surface area contributed by atoms with E-state index in [1.807, 2.05) is 0 Å². The van der Waals surface area contributed by atoms with E-state index in [4.69, 9.17) is 0 Å². The highest BCUT2D eigenvalue weighted by Gasteiger charge is 2.41. The van der Waals surface area contributed by atoms with Gasteiger partial charge in [0.25, 0.3) is 0 Å². The molecule has 0 atom stereocenters. The van der Waals surface area contributed by atoms with Crippen molar-refractivity contribution < 1.29 is 0 Å². The number of rotatable bonds is 8. The highest BCUT2D eigenvalue weighted by molar-refractivity contribution is 7.19. The Morgan fingerprint density at radius 2 is 0.825 bits per heavy atom. The molecule has 2 nitrogen and oxygen atoms in total. The van der Waals surface area contributed by atoms with Gasteiger partial charge in [-0.05, 0) is 92.6 Å². The van der Waals surface area contributed by atoms with E-state index in [0.29, 0.717) is 5.92 Å². The lowest BCUT2D eigenvalue weighted by molar-refractivity contribution is 0.445. The number of aromatic nitrogens is 2. The Labute approximate surface area is 370 Å². The van der Waals surface area contributed by atoms with Gasteiger partial charge in [-0.25, -0.2) is 0 Å². The van der Waals surface area contributed by atoms with Crippen LogP contribution in [0.5, 0.6) is 0 Å². The van der Waals surface area contributed by atoms with Crippen LogP contribution in [0.2, 0.25) is 0 Å². The van der Waals surface area contributed by atoms with Gasteiger partial charge in [-0.2, -0.15) is 0 Å². The fraction of sp³-hybridized carbons (Fsp3) is 0.100. The zero-order chi connectivity index (χ0) is 41.7. The van der Waals surface area contributed by atoms with Crippen LogP contribution in [-0.2, 0) is 0 Å². The zero-order valence-electron chi connectivity index (χ0n) is 35.4. The standard InChI is InChI=1S/C60H48N2Si/c1-5-19-45(20-6-1)51-29-17-30-53-52-27-13-15-31-55(52)62(60(51)53)58-34-18-33-57-59(58)54-28-14-16-32-56(54)61(57)46-39-35-43(36-40-46)44-37-41-50(42-38-44)63(47-21-7-2-8-22-47,48-23-9-3-10-24-48)49-25-11-4-12-26-49/h2-4,7-18,21-42,45H,1,5-6,19-20H2. The van der Waals surface area contributed by atoms with Gasteiger partial charge in [-0.3, -0.25) is 0 Å². The molecule has 0 spiro atoms. The van der Waals surface area contributed by atoms with Crippen molar-refractivity contribution in [2.24, 2.45) is 0 Å². The molecule has 1 fully saturated rings. The molecular formula is C60H48N2Si. The van der Waals surface area contributed by atoms with E-state index in [-0.39, 0.29) is 0 Å². The minimum absolute atomic E-state index is 0.585. The zero-order valence-corrected chi connectivity index (χ0v) is 36.4. The largest absolute Gasteiger partial charge is 0.309 e. The van der Waals surface area contributed by atoms with Gasteiger partial charge in [0.2, 0.25) is 0 Å². The fourth-order valence-electron chi connectivity index (χ4n) is 11.3. The predicted molar refractivity (Wildman–Crippen MR) is 270 cm³/mol. The first-order valence-electron chi connectivity index (χ1n) is 22.7. The first-order valence-corrected chi connectivity index (χ1v) is 24.7. The van der Waals surface area contributed by atoms with E-state index in [1.54, 1.807) is 0 Å². The van der Waals surface area contributed by atoms with E-state index in [1.165, 1.54) is 119 Å². The molecule has 0 amide bonds. The predicted octanol–water partition coefficient (Wildman–Crippen LogP) is 13.0. The molecule has 2 heterocycles. The fourth-order valence-corrected chi connectivity index (χ4v) is 16.0. The SMILES string of the molecule is c1ccc([Si](c2ccccc2)(c2ccccc2)c2ccc(-c3ccc(-n4c5ccccc5c5c(-n6c7ccccc7c7cccc(C8CCCCC8)c76)cccc54)cc3)cc2)cc1. The van der Waals surface area contributed by atoms with Gasteiger partial charge in [0.05, 0.1) is 27.8 Å². The van der Waals surface area contributed by atoms with Crippen LogP contribution in [0.3, 0.4) is 0 Å². The molecule has 0 unspecified atom stereocenters. The molecule has 63 heavy (non-hydrogen) atoms. The highest BCUT2D eigenvalue weighted by Crippen LogP contribution is 2.44. The third-order valence-corrected chi connectivity index (χ3v) is 18.9. The second kappa shape index (κ2) is 15.6. The smallest absolute Gasteiger partial charge is 0.179 e. The molecule has 0 radical (unpaired) electrons. The minimum atomic E-state index is -2.59. The van der Waals surface area contributed by atoms with Crippen LogP contribution in [0.15, 0.2) is 224 Å². The summed E-state index contributed by atoms with van der Waals surface area (Å²) in [5, 5.41) is 10.8. The highest BCUT2D eigenvalue weighted by atomic mass is 28.3. The van der Waals surface area contributed by atoms with Crippen LogP contribution in [0.1, 0.15) is 43.6 Å². The van der Waals surface area contributed by atoms with Gasteiger partial charge >= 0.3 is 0 Å². The summed E-state index contributed by atoms with van der Waals surface area (Å²) in [6, 6.07) is 84.1. The molecule has 9 aromatic carbocycles. The van der Waals surface area contributed by atoms with Crippen molar-refractivity contribution in [3.05, 3.63) is 230 Å². The third-order valence-electron chi connectivity index (χ3n) is 14.1. The Kier molecular flexibility index (Phi) is 9.30. The maximum absolute atomic E-state index is 2.60. The van der Waals surface area contributed by atoms with Crippen molar-refractivity contribution in [1.82, 2.24) is 9.13 Å². The number of hydrogen-bond donors (Lipinski definition) is 0. The summed E-state index contributed by atoms with van der Waals surface area (Å²) >= 11 is 0. The van der Waals surface area contributed by atoms with Gasteiger partial charge in [-0.1, -0.05) is 207 Å². The van der Waals surface area contributed by atoms with Crippen molar-refractivity contribution >= 4 is 72.4 Å². The Morgan fingerprint density at radius 3 is 1.44 bits per heavy atom. The summed E-state index contributed by atoms with van der Waals surface area (Å²) < 4.78 is 5.07. The molecule has 11 aromatic rings. The molecule has 1 aliphatic carbocycles. The van der Waals surface area contributed by atoms with Crippen molar-refractivity contribution in [2.45, 2.75) is 38.0 Å². The lowest BCUT2D eigenvalue weighted by atomic mass is 9.83. The van der Waals surface area contributed by atoms with Crippen molar-refractivity contribution in [3.63, 3.8) is 0 Å². The first-order chi connectivity index (χ1) is 31.3. The number of para-hydroxylation sites is 3. The molecule has 0 aliphatic heterocycles. The average molecular weight is 825 g/mol. The number of hydrogen-bond acceptors (Lipinski definition) is 0.